The first kappa shape index (κ1) is 13.1. The van der Waals surface area contributed by atoms with Crippen molar-refractivity contribution in [2.75, 3.05) is 6.54 Å². The van der Waals surface area contributed by atoms with Crippen LogP contribution in [0.5, 0.6) is 0 Å². The van der Waals surface area contributed by atoms with Gasteiger partial charge in [-0.25, -0.2) is 0 Å². The number of azide groups is 1. The molecule has 0 aliphatic carbocycles. The smallest absolute Gasteiger partial charge is 0.105 e. The van der Waals surface area contributed by atoms with Crippen molar-refractivity contribution in [1.82, 2.24) is 0 Å². The number of rotatable bonds is 4. The van der Waals surface area contributed by atoms with Crippen LogP contribution in [-0.4, -0.2) is 22.9 Å². The quantitative estimate of drug-likeness (QED) is 0.496. The number of aliphatic hydroxyl groups excluding tert-OH is 2. The van der Waals surface area contributed by atoms with Gasteiger partial charge in [0.15, 0.2) is 0 Å². The van der Waals surface area contributed by atoms with Crippen molar-refractivity contribution in [3.05, 3.63) is 44.3 Å². The van der Waals surface area contributed by atoms with Crippen molar-refractivity contribution >= 4 is 23.2 Å². The maximum atomic E-state index is 9.70. The Bertz CT molecular complexity index is 421. The summed E-state index contributed by atoms with van der Waals surface area (Å²) in [6.45, 7) is -0.210. The van der Waals surface area contributed by atoms with E-state index in [0.29, 0.717) is 10.6 Å². The predicted octanol–water partition coefficient (Wildman–Crippen LogP) is 2.70. The molecule has 86 valence electrons. The van der Waals surface area contributed by atoms with E-state index >= 15 is 0 Å². The molecule has 0 fully saturated rings. The summed E-state index contributed by atoms with van der Waals surface area (Å²) < 4.78 is 0. The average molecular weight is 262 g/mol. The monoisotopic (exact) mass is 261 g/mol. The number of halogens is 2. The first-order valence-electron chi connectivity index (χ1n) is 4.38. The molecule has 2 N–H and O–H groups in total. The van der Waals surface area contributed by atoms with Gasteiger partial charge in [0.2, 0.25) is 0 Å². The molecule has 0 amide bonds. The summed E-state index contributed by atoms with van der Waals surface area (Å²) in [6, 6.07) is 4.51. The lowest BCUT2D eigenvalue weighted by Crippen LogP contribution is -2.21. The Morgan fingerprint density at radius 2 is 2.00 bits per heavy atom. The molecule has 0 saturated heterocycles. The molecule has 0 spiro atoms. The van der Waals surface area contributed by atoms with Crippen LogP contribution in [0.2, 0.25) is 10.0 Å². The molecule has 1 aromatic carbocycles. The summed E-state index contributed by atoms with van der Waals surface area (Å²) in [5.74, 6) is 0. The third-order valence-electron chi connectivity index (χ3n) is 1.98. The Labute approximate surface area is 102 Å². The fourth-order valence-corrected chi connectivity index (χ4v) is 1.45. The third kappa shape index (κ3) is 3.27. The van der Waals surface area contributed by atoms with Gasteiger partial charge in [0.05, 0.1) is 22.7 Å². The van der Waals surface area contributed by atoms with Gasteiger partial charge in [-0.3, -0.25) is 0 Å². The Morgan fingerprint density at radius 1 is 1.31 bits per heavy atom. The minimum atomic E-state index is -1.17. The molecule has 0 bridgehead atoms. The average Bonchev–Trinajstić information content (AvgIpc) is 2.28. The molecule has 0 saturated carbocycles. The van der Waals surface area contributed by atoms with Gasteiger partial charge in [-0.2, -0.15) is 0 Å². The predicted molar refractivity (Wildman–Crippen MR) is 61.4 cm³/mol. The molecular weight excluding hydrogens is 253 g/mol. The van der Waals surface area contributed by atoms with E-state index in [1.54, 1.807) is 0 Å². The first-order chi connectivity index (χ1) is 7.56. The van der Waals surface area contributed by atoms with Gasteiger partial charge in [0.25, 0.3) is 0 Å². The van der Waals surface area contributed by atoms with Gasteiger partial charge in [0, 0.05) is 4.91 Å². The van der Waals surface area contributed by atoms with Crippen LogP contribution in [0.4, 0.5) is 0 Å². The van der Waals surface area contributed by atoms with Crippen LogP contribution in [0.25, 0.3) is 10.4 Å². The number of nitrogens with zero attached hydrogens (tertiary/aromatic N) is 3. The molecule has 2 unspecified atom stereocenters. The van der Waals surface area contributed by atoms with Crippen LogP contribution in [0.1, 0.15) is 11.7 Å². The van der Waals surface area contributed by atoms with E-state index in [1.807, 2.05) is 0 Å². The summed E-state index contributed by atoms with van der Waals surface area (Å²) in [4.78, 5) is 2.49. The Hall–Kier alpha value is -0.970. The van der Waals surface area contributed by atoms with Gasteiger partial charge in [-0.1, -0.05) is 34.4 Å². The molecule has 0 radical (unpaired) electrons. The van der Waals surface area contributed by atoms with E-state index in [0.717, 1.165) is 0 Å². The Morgan fingerprint density at radius 3 is 2.56 bits per heavy atom. The lowest BCUT2D eigenvalue weighted by molar-refractivity contribution is 0.0244. The normalized spacial score (nSPS) is 14.0. The molecule has 0 aliphatic heterocycles. The van der Waals surface area contributed by atoms with E-state index in [1.165, 1.54) is 18.2 Å². The van der Waals surface area contributed by atoms with Crippen LogP contribution in [-0.2, 0) is 0 Å². The van der Waals surface area contributed by atoms with Crippen molar-refractivity contribution in [2.24, 2.45) is 5.11 Å². The van der Waals surface area contributed by atoms with Crippen molar-refractivity contribution in [2.45, 2.75) is 12.2 Å². The minimum Gasteiger partial charge on any atom is -0.390 e. The lowest BCUT2D eigenvalue weighted by Gasteiger charge is -2.16. The zero-order valence-electron chi connectivity index (χ0n) is 8.09. The van der Waals surface area contributed by atoms with E-state index in [2.05, 4.69) is 10.0 Å². The van der Waals surface area contributed by atoms with Gasteiger partial charge in [0.1, 0.15) is 6.10 Å². The van der Waals surface area contributed by atoms with E-state index in [-0.39, 0.29) is 11.6 Å². The van der Waals surface area contributed by atoms with Crippen LogP contribution >= 0.6 is 23.2 Å². The second kappa shape index (κ2) is 5.94. The van der Waals surface area contributed by atoms with Crippen molar-refractivity contribution in [3.63, 3.8) is 0 Å². The summed E-state index contributed by atoms with van der Waals surface area (Å²) in [6.07, 6.45) is -2.34. The highest BCUT2D eigenvalue weighted by Crippen LogP contribution is 2.26. The van der Waals surface area contributed by atoms with Gasteiger partial charge < -0.3 is 10.2 Å². The highest BCUT2D eigenvalue weighted by atomic mass is 35.5. The van der Waals surface area contributed by atoms with Crippen LogP contribution < -0.4 is 0 Å². The van der Waals surface area contributed by atoms with Crippen LogP contribution in [0.3, 0.4) is 0 Å². The highest BCUT2D eigenvalue weighted by molar-refractivity contribution is 6.42. The van der Waals surface area contributed by atoms with E-state index in [4.69, 9.17) is 28.7 Å². The fourth-order valence-electron chi connectivity index (χ4n) is 1.14. The largest absolute Gasteiger partial charge is 0.390 e. The highest BCUT2D eigenvalue weighted by Gasteiger charge is 2.18. The van der Waals surface area contributed by atoms with Gasteiger partial charge in [-0.05, 0) is 23.2 Å². The van der Waals surface area contributed by atoms with Crippen molar-refractivity contribution < 1.29 is 10.2 Å². The van der Waals surface area contributed by atoms with E-state index < -0.39 is 12.2 Å². The summed E-state index contributed by atoms with van der Waals surface area (Å²) >= 11 is 11.5. The molecule has 1 aromatic rings. The van der Waals surface area contributed by atoms with Gasteiger partial charge >= 0.3 is 0 Å². The SMILES string of the molecule is [N-]=[N+]=NCC(O)C(O)c1ccc(Cl)c(Cl)c1. The molecule has 7 heteroatoms. The number of aliphatic hydroxyl groups is 2. The number of benzene rings is 1. The number of hydrogen-bond acceptors (Lipinski definition) is 3. The molecule has 5 nitrogen and oxygen atoms in total. The summed E-state index contributed by atoms with van der Waals surface area (Å²) in [5.41, 5.74) is 8.49. The molecular formula is C9H9Cl2N3O2. The molecule has 16 heavy (non-hydrogen) atoms. The Balaban J connectivity index is 2.82. The maximum absolute atomic E-state index is 9.70. The zero-order valence-corrected chi connectivity index (χ0v) is 9.60. The van der Waals surface area contributed by atoms with Crippen LogP contribution in [0, 0.1) is 0 Å². The maximum Gasteiger partial charge on any atom is 0.105 e. The summed E-state index contributed by atoms with van der Waals surface area (Å²) in [5, 5.41) is 23.0. The lowest BCUT2D eigenvalue weighted by atomic mass is 10.0. The van der Waals surface area contributed by atoms with Crippen molar-refractivity contribution in [3.8, 4) is 0 Å². The van der Waals surface area contributed by atoms with Crippen molar-refractivity contribution in [1.29, 1.82) is 0 Å². The second-order valence-corrected chi connectivity index (χ2v) is 3.91. The number of hydrogen-bond donors (Lipinski definition) is 2. The standard InChI is InChI=1S/C9H9Cl2N3O2/c10-6-2-1-5(3-7(6)11)9(16)8(15)4-13-14-12/h1-3,8-9,15-16H,4H2. The van der Waals surface area contributed by atoms with E-state index in [9.17, 15) is 10.2 Å². The summed E-state index contributed by atoms with van der Waals surface area (Å²) in [7, 11) is 0. The zero-order chi connectivity index (χ0) is 12.1. The molecule has 0 heterocycles. The molecule has 0 aliphatic rings. The Kier molecular flexibility index (Phi) is 4.86. The first-order valence-corrected chi connectivity index (χ1v) is 5.13. The molecule has 2 atom stereocenters. The van der Waals surface area contributed by atoms with Gasteiger partial charge in [-0.15, -0.1) is 0 Å². The fraction of sp³-hybridized carbons (Fsp3) is 0.333. The van der Waals surface area contributed by atoms with Crippen LogP contribution in [0.15, 0.2) is 23.3 Å². The topological polar surface area (TPSA) is 89.2 Å². The third-order valence-corrected chi connectivity index (χ3v) is 2.72. The molecule has 1 rings (SSSR count). The molecule has 0 aromatic heterocycles. The minimum absolute atomic E-state index is 0.210. The second-order valence-electron chi connectivity index (χ2n) is 3.10.